The van der Waals surface area contributed by atoms with Crippen LogP contribution in [-0.2, 0) is 25.7 Å². The first-order valence-corrected chi connectivity index (χ1v) is 11.1. The number of hydrogen-bond donors (Lipinski definition) is 2. The maximum Gasteiger partial charge on any atom is 0.416 e. The molecule has 7 nitrogen and oxygen atoms in total. The Hall–Kier alpha value is -1.69. The minimum absolute atomic E-state index is 0.0749. The summed E-state index contributed by atoms with van der Waals surface area (Å²) in [6.45, 7) is 0.315. The maximum absolute atomic E-state index is 12.8. The number of hydrogen-bond acceptors (Lipinski definition) is 5. The quantitative estimate of drug-likeness (QED) is 0.599. The molecule has 1 fully saturated rings. The van der Waals surface area contributed by atoms with Gasteiger partial charge in [-0.25, -0.2) is 8.42 Å². The van der Waals surface area contributed by atoms with E-state index < -0.39 is 21.8 Å². The first-order chi connectivity index (χ1) is 14.1. The number of amides is 1. The van der Waals surface area contributed by atoms with Crippen LogP contribution in [0.1, 0.15) is 37.7 Å². The van der Waals surface area contributed by atoms with E-state index in [0.717, 1.165) is 24.3 Å². The van der Waals surface area contributed by atoms with E-state index >= 15 is 0 Å². The molecule has 0 aromatic heterocycles. The number of aliphatic hydroxyl groups is 1. The van der Waals surface area contributed by atoms with Gasteiger partial charge in [0.15, 0.2) is 0 Å². The lowest BCUT2D eigenvalue weighted by atomic mass is 9.93. The van der Waals surface area contributed by atoms with Crippen molar-refractivity contribution in [3.8, 4) is 0 Å². The lowest BCUT2D eigenvalue weighted by molar-refractivity contribution is -0.137. The summed E-state index contributed by atoms with van der Waals surface area (Å²) >= 11 is 0. The summed E-state index contributed by atoms with van der Waals surface area (Å²) in [5.41, 5.74) is -0.896. The molecular formula is C19H27F3N2O5S. The molecular weight excluding hydrogens is 425 g/mol. The number of sulfonamides is 1. The molecule has 0 aliphatic heterocycles. The largest absolute Gasteiger partial charge is 0.416 e. The Morgan fingerprint density at radius 2 is 1.80 bits per heavy atom. The molecule has 11 heteroatoms. The van der Waals surface area contributed by atoms with Gasteiger partial charge in [-0.1, -0.05) is 0 Å². The number of alkyl halides is 3. The van der Waals surface area contributed by atoms with Gasteiger partial charge < -0.3 is 15.2 Å². The lowest BCUT2D eigenvalue weighted by Crippen LogP contribution is -2.40. The summed E-state index contributed by atoms with van der Waals surface area (Å²) in [5.74, 6) is -0.208. The molecule has 0 heterocycles. The molecule has 0 atom stereocenters. The zero-order valence-corrected chi connectivity index (χ0v) is 17.5. The van der Waals surface area contributed by atoms with Crippen LogP contribution in [0.3, 0.4) is 0 Å². The van der Waals surface area contributed by atoms with Crippen molar-refractivity contribution in [3.63, 3.8) is 0 Å². The Labute approximate surface area is 174 Å². The fraction of sp³-hybridized carbons (Fsp3) is 0.632. The highest BCUT2D eigenvalue weighted by atomic mass is 32.2. The van der Waals surface area contributed by atoms with Crippen molar-refractivity contribution in [2.24, 2.45) is 0 Å². The van der Waals surface area contributed by atoms with Crippen molar-refractivity contribution in [2.75, 3.05) is 26.8 Å². The number of rotatable bonds is 9. The molecule has 1 aliphatic carbocycles. The van der Waals surface area contributed by atoms with E-state index in [1.165, 1.54) is 11.4 Å². The van der Waals surface area contributed by atoms with Crippen molar-refractivity contribution in [1.82, 2.24) is 9.62 Å². The number of nitrogens with one attached hydrogen (secondary N) is 1. The fourth-order valence-corrected chi connectivity index (χ4v) is 4.77. The van der Waals surface area contributed by atoms with Gasteiger partial charge >= 0.3 is 6.18 Å². The van der Waals surface area contributed by atoms with Gasteiger partial charge in [-0.15, -0.1) is 0 Å². The van der Waals surface area contributed by atoms with E-state index in [9.17, 15) is 26.4 Å². The van der Waals surface area contributed by atoms with Crippen LogP contribution in [-0.4, -0.2) is 62.7 Å². The van der Waals surface area contributed by atoms with Gasteiger partial charge in [-0.05, 0) is 49.9 Å². The molecule has 0 bridgehead atoms. The summed E-state index contributed by atoms with van der Waals surface area (Å²) in [4.78, 5) is 11.3. The third kappa shape index (κ3) is 6.66. The van der Waals surface area contributed by atoms with Crippen LogP contribution in [0.15, 0.2) is 29.2 Å². The number of aliphatic hydroxyl groups excluding tert-OH is 1. The van der Waals surface area contributed by atoms with Crippen LogP contribution in [0, 0.1) is 0 Å². The fourth-order valence-electron chi connectivity index (χ4n) is 3.36. The molecule has 1 saturated carbocycles. The van der Waals surface area contributed by atoms with Gasteiger partial charge in [-0.3, -0.25) is 4.79 Å². The first-order valence-electron chi connectivity index (χ1n) is 9.70. The molecule has 2 rings (SSSR count). The maximum atomic E-state index is 12.8. The lowest BCUT2D eigenvalue weighted by Gasteiger charge is -2.34. The number of halogens is 3. The van der Waals surface area contributed by atoms with E-state index in [1.54, 1.807) is 0 Å². The molecule has 1 amide bonds. The number of carbonyl (C=O) groups is 1. The second-order valence-corrected chi connectivity index (χ2v) is 9.17. The number of carbonyl (C=O) groups excluding carboxylic acids is 1. The van der Waals surface area contributed by atoms with Gasteiger partial charge in [-0.2, -0.15) is 17.5 Å². The first kappa shape index (κ1) is 24.6. The normalized spacial score (nSPS) is 20.3. The van der Waals surface area contributed by atoms with Crippen molar-refractivity contribution < 1.29 is 36.2 Å². The standard InChI is InChI=1S/C19H27F3N2O5S/c1-24(30(27,28)17-8-2-14(3-9-17)19(20,21)22)15-4-6-16(7-5-15)29-13-10-18(26)23-11-12-25/h2-3,8-9,15-16,25H,4-7,10-13H2,1H3,(H,23,26)/t15-,16-. The average molecular weight is 452 g/mol. The van der Waals surface area contributed by atoms with Crippen molar-refractivity contribution in [2.45, 2.75) is 55.3 Å². The highest BCUT2D eigenvalue weighted by Gasteiger charge is 2.34. The highest BCUT2D eigenvalue weighted by Crippen LogP contribution is 2.31. The average Bonchev–Trinajstić information content (AvgIpc) is 2.71. The second-order valence-electron chi connectivity index (χ2n) is 7.17. The predicted octanol–water partition coefficient (Wildman–Crippen LogP) is 2.15. The molecule has 1 aromatic carbocycles. The van der Waals surface area contributed by atoms with E-state index in [-0.39, 0.29) is 49.1 Å². The van der Waals surface area contributed by atoms with Crippen LogP contribution in [0.4, 0.5) is 13.2 Å². The topological polar surface area (TPSA) is 95.9 Å². The monoisotopic (exact) mass is 452 g/mol. The zero-order chi connectivity index (χ0) is 22.4. The summed E-state index contributed by atoms with van der Waals surface area (Å²) in [6, 6.07) is 3.21. The molecule has 0 spiro atoms. The Morgan fingerprint density at radius 1 is 1.20 bits per heavy atom. The Bertz CT molecular complexity index is 791. The molecule has 0 saturated heterocycles. The van der Waals surface area contributed by atoms with Crippen molar-refractivity contribution in [3.05, 3.63) is 29.8 Å². The molecule has 0 radical (unpaired) electrons. The van der Waals surface area contributed by atoms with Crippen LogP contribution < -0.4 is 5.32 Å². The van der Waals surface area contributed by atoms with Gasteiger partial charge in [0.2, 0.25) is 15.9 Å². The van der Waals surface area contributed by atoms with E-state index in [4.69, 9.17) is 9.84 Å². The van der Waals surface area contributed by atoms with Gasteiger partial charge in [0.05, 0.1) is 29.8 Å². The summed E-state index contributed by atoms with van der Waals surface area (Å²) in [7, 11) is -2.47. The van der Waals surface area contributed by atoms with Gasteiger partial charge in [0, 0.05) is 26.1 Å². The SMILES string of the molecule is CN([C@H]1CC[C@H](OCCC(=O)NCCO)CC1)S(=O)(=O)c1ccc(C(F)(F)F)cc1. The summed E-state index contributed by atoms with van der Waals surface area (Å²) in [6.07, 6.45) is -2.07. The minimum Gasteiger partial charge on any atom is -0.395 e. The number of benzene rings is 1. The number of nitrogens with zero attached hydrogens (tertiary/aromatic N) is 1. The van der Waals surface area contributed by atoms with Crippen LogP contribution in [0.25, 0.3) is 0 Å². The van der Waals surface area contributed by atoms with Crippen LogP contribution in [0.5, 0.6) is 0 Å². The van der Waals surface area contributed by atoms with Gasteiger partial charge in [0.25, 0.3) is 0 Å². The summed E-state index contributed by atoms with van der Waals surface area (Å²) < 4.78 is 70.5. The minimum atomic E-state index is -4.52. The smallest absolute Gasteiger partial charge is 0.395 e. The highest BCUT2D eigenvalue weighted by molar-refractivity contribution is 7.89. The molecule has 2 N–H and O–H groups in total. The molecule has 1 aromatic rings. The molecule has 30 heavy (non-hydrogen) atoms. The van der Waals surface area contributed by atoms with Crippen molar-refractivity contribution in [1.29, 1.82) is 0 Å². The molecule has 1 aliphatic rings. The van der Waals surface area contributed by atoms with E-state index in [0.29, 0.717) is 25.7 Å². The predicted molar refractivity (Wildman–Crippen MR) is 103 cm³/mol. The van der Waals surface area contributed by atoms with Crippen LogP contribution >= 0.6 is 0 Å². The third-order valence-corrected chi connectivity index (χ3v) is 7.06. The van der Waals surface area contributed by atoms with Gasteiger partial charge in [0.1, 0.15) is 0 Å². The third-order valence-electron chi connectivity index (χ3n) is 5.13. The molecule has 0 unspecified atom stereocenters. The molecule has 170 valence electrons. The Morgan fingerprint density at radius 3 is 2.33 bits per heavy atom. The van der Waals surface area contributed by atoms with E-state index in [1.807, 2.05) is 0 Å². The Balaban J connectivity index is 1.85. The summed E-state index contributed by atoms with van der Waals surface area (Å²) in [5, 5.41) is 11.2. The second kappa shape index (κ2) is 10.6. The van der Waals surface area contributed by atoms with Crippen LogP contribution in [0.2, 0.25) is 0 Å². The number of ether oxygens (including phenoxy) is 1. The van der Waals surface area contributed by atoms with Crippen molar-refractivity contribution >= 4 is 15.9 Å². The van der Waals surface area contributed by atoms with E-state index in [2.05, 4.69) is 5.32 Å². The zero-order valence-electron chi connectivity index (χ0n) is 16.7. The Kier molecular flexibility index (Phi) is 8.65.